The quantitative estimate of drug-likeness (QED) is 0.828. The Morgan fingerprint density at radius 2 is 1.90 bits per heavy atom. The molecular weight excluding hydrogens is 345 g/mol. The van der Waals surface area contributed by atoms with E-state index in [-0.39, 0.29) is 6.04 Å². The highest BCUT2D eigenvalue weighted by atomic mass is 79.9. The van der Waals surface area contributed by atoms with Crippen LogP contribution in [0.2, 0.25) is 0 Å². The van der Waals surface area contributed by atoms with Gasteiger partial charge in [-0.05, 0) is 67.0 Å². The zero-order valence-electron chi connectivity index (χ0n) is 12.0. The van der Waals surface area contributed by atoms with Crippen LogP contribution < -0.4 is 5.32 Å². The smallest absolute Gasteiger partial charge is 0.380 e. The highest BCUT2D eigenvalue weighted by Gasteiger charge is 2.30. The normalized spacial score (nSPS) is 18.5. The van der Waals surface area contributed by atoms with Crippen LogP contribution in [-0.4, -0.2) is 30.6 Å². The molecule has 0 radical (unpaired) electrons. The van der Waals surface area contributed by atoms with Crippen molar-refractivity contribution in [2.75, 3.05) is 25.0 Å². The van der Waals surface area contributed by atoms with Crippen LogP contribution in [0, 0.1) is 0 Å². The van der Waals surface area contributed by atoms with E-state index in [4.69, 9.17) is 0 Å². The molecule has 1 saturated heterocycles. The number of alkyl halides is 3. The minimum Gasteiger partial charge on any atom is -0.380 e. The number of likely N-dealkylation sites (tertiary alicyclic amines) is 1. The molecule has 1 unspecified atom stereocenters. The van der Waals surface area contributed by atoms with E-state index in [0.717, 1.165) is 31.8 Å². The van der Waals surface area contributed by atoms with E-state index in [1.807, 2.05) is 0 Å². The molecular formula is C15H20BrF3N2. The van der Waals surface area contributed by atoms with E-state index < -0.39 is 11.7 Å². The Morgan fingerprint density at radius 3 is 2.48 bits per heavy atom. The van der Waals surface area contributed by atoms with Gasteiger partial charge in [-0.25, -0.2) is 0 Å². The molecule has 1 aromatic rings. The lowest BCUT2D eigenvalue weighted by atomic mass is 10.1. The highest BCUT2D eigenvalue weighted by Crippen LogP contribution is 2.34. The average Bonchev–Trinajstić information content (AvgIpc) is 2.41. The lowest BCUT2D eigenvalue weighted by Gasteiger charge is -2.30. The number of hydrogen-bond acceptors (Lipinski definition) is 2. The van der Waals surface area contributed by atoms with Gasteiger partial charge in [0.1, 0.15) is 0 Å². The zero-order valence-corrected chi connectivity index (χ0v) is 13.6. The molecule has 6 heteroatoms. The Morgan fingerprint density at radius 1 is 1.24 bits per heavy atom. The highest BCUT2D eigenvalue weighted by molar-refractivity contribution is 9.10. The molecule has 1 heterocycles. The predicted molar refractivity (Wildman–Crippen MR) is 82.5 cm³/mol. The van der Waals surface area contributed by atoms with Crippen LogP contribution in [0.3, 0.4) is 0 Å². The third kappa shape index (κ3) is 4.88. The van der Waals surface area contributed by atoms with Crippen molar-refractivity contribution in [3.63, 3.8) is 0 Å². The number of hydrogen-bond donors (Lipinski definition) is 1. The van der Waals surface area contributed by atoms with Gasteiger partial charge in [-0.2, -0.15) is 13.2 Å². The Kier molecular flexibility index (Phi) is 5.54. The molecule has 0 amide bonds. The Hall–Kier alpha value is -0.750. The van der Waals surface area contributed by atoms with E-state index in [9.17, 15) is 13.2 Å². The van der Waals surface area contributed by atoms with Crippen LogP contribution in [0.4, 0.5) is 18.9 Å². The number of rotatable bonds is 4. The second kappa shape index (κ2) is 7.01. The monoisotopic (exact) mass is 364 g/mol. The summed E-state index contributed by atoms with van der Waals surface area (Å²) in [7, 11) is 0. The summed E-state index contributed by atoms with van der Waals surface area (Å²) >= 11 is 3.22. The van der Waals surface area contributed by atoms with Crippen LogP contribution in [0.25, 0.3) is 0 Å². The second-order valence-corrected chi connectivity index (χ2v) is 6.45. The second-order valence-electron chi connectivity index (χ2n) is 5.60. The molecule has 1 aliphatic rings. The van der Waals surface area contributed by atoms with Gasteiger partial charge in [0.2, 0.25) is 0 Å². The molecule has 1 fully saturated rings. The van der Waals surface area contributed by atoms with E-state index in [1.54, 1.807) is 0 Å². The summed E-state index contributed by atoms with van der Waals surface area (Å²) in [6, 6.07) is 3.91. The number of nitrogens with zero attached hydrogens (tertiary/aromatic N) is 1. The predicted octanol–water partition coefficient (Wildman–Crippen LogP) is 4.75. The van der Waals surface area contributed by atoms with Crippen LogP contribution in [-0.2, 0) is 6.18 Å². The van der Waals surface area contributed by atoms with Gasteiger partial charge in [-0.3, -0.25) is 0 Å². The molecule has 0 spiro atoms. The minimum absolute atomic E-state index is 0.191. The SMILES string of the molecule is CC(CN1CCCCC1)Nc1ccc(C(F)(F)F)cc1Br. The lowest BCUT2D eigenvalue weighted by molar-refractivity contribution is -0.137. The third-order valence-electron chi connectivity index (χ3n) is 3.68. The Balaban J connectivity index is 1.95. The maximum atomic E-state index is 12.6. The molecule has 0 aromatic heterocycles. The minimum atomic E-state index is -4.31. The summed E-state index contributed by atoms with van der Waals surface area (Å²) in [5.74, 6) is 0. The van der Waals surface area contributed by atoms with Crippen LogP contribution in [0.1, 0.15) is 31.7 Å². The van der Waals surface area contributed by atoms with Gasteiger partial charge in [-0.15, -0.1) is 0 Å². The first-order valence-electron chi connectivity index (χ1n) is 7.22. The van der Waals surface area contributed by atoms with Crippen molar-refractivity contribution in [2.24, 2.45) is 0 Å². The summed E-state index contributed by atoms with van der Waals surface area (Å²) in [4.78, 5) is 2.40. The summed E-state index contributed by atoms with van der Waals surface area (Å²) in [6.07, 6.45) is -0.545. The third-order valence-corrected chi connectivity index (χ3v) is 4.34. The number of anilines is 1. The molecule has 0 saturated carbocycles. The summed E-state index contributed by atoms with van der Waals surface area (Å²) < 4.78 is 38.3. The molecule has 1 aliphatic heterocycles. The summed E-state index contributed by atoms with van der Waals surface area (Å²) in [5.41, 5.74) is 0.0659. The van der Waals surface area contributed by atoms with Crippen molar-refractivity contribution < 1.29 is 13.2 Å². The van der Waals surface area contributed by atoms with Crippen molar-refractivity contribution >= 4 is 21.6 Å². The molecule has 118 valence electrons. The molecule has 0 aliphatic carbocycles. The Bertz CT molecular complexity index is 470. The van der Waals surface area contributed by atoms with E-state index in [1.165, 1.54) is 25.3 Å². The lowest BCUT2D eigenvalue weighted by Crippen LogP contribution is -2.38. The van der Waals surface area contributed by atoms with Crippen molar-refractivity contribution in [1.82, 2.24) is 4.90 Å². The summed E-state index contributed by atoms with van der Waals surface area (Å²) in [5, 5.41) is 3.28. The molecule has 0 bridgehead atoms. The largest absolute Gasteiger partial charge is 0.416 e. The fourth-order valence-corrected chi connectivity index (χ4v) is 3.14. The van der Waals surface area contributed by atoms with Gasteiger partial charge in [0.25, 0.3) is 0 Å². The fourth-order valence-electron chi connectivity index (χ4n) is 2.65. The topological polar surface area (TPSA) is 15.3 Å². The van der Waals surface area contributed by atoms with E-state index >= 15 is 0 Å². The van der Waals surface area contributed by atoms with E-state index in [0.29, 0.717) is 10.2 Å². The average molecular weight is 365 g/mol. The number of halogens is 4. The van der Waals surface area contributed by atoms with Gasteiger partial charge in [-0.1, -0.05) is 6.42 Å². The van der Waals surface area contributed by atoms with Crippen LogP contribution in [0.15, 0.2) is 22.7 Å². The van der Waals surface area contributed by atoms with Gasteiger partial charge < -0.3 is 10.2 Å². The van der Waals surface area contributed by atoms with Crippen molar-refractivity contribution in [3.05, 3.63) is 28.2 Å². The number of piperidine rings is 1. The fraction of sp³-hybridized carbons (Fsp3) is 0.600. The first-order valence-corrected chi connectivity index (χ1v) is 8.01. The van der Waals surface area contributed by atoms with Crippen LogP contribution in [0.5, 0.6) is 0 Å². The Labute approximate surface area is 131 Å². The number of nitrogens with one attached hydrogen (secondary N) is 1. The van der Waals surface area contributed by atoms with Crippen LogP contribution >= 0.6 is 15.9 Å². The molecule has 1 atom stereocenters. The molecule has 2 rings (SSSR count). The van der Waals surface area contributed by atoms with Crippen molar-refractivity contribution in [2.45, 2.75) is 38.4 Å². The van der Waals surface area contributed by atoms with Gasteiger partial charge in [0.15, 0.2) is 0 Å². The first-order chi connectivity index (χ1) is 9.86. The van der Waals surface area contributed by atoms with Crippen molar-refractivity contribution in [1.29, 1.82) is 0 Å². The van der Waals surface area contributed by atoms with Crippen molar-refractivity contribution in [3.8, 4) is 0 Å². The first kappa shape index (κ1) is 16.6. The maximum absolute atomic E-state index is 12.6. The molecule has 1 aromatic carbocycles. The van der Waals surface area contributed by atoms with E-state index in [2.05, 4.69) is 33.1 Å². The standard InChI is InChI=1S/C15H20BrF3N2/c1-11(10-21-7-3-2-4-8-21)20-14-6-5-12(9-13(14)16)15(17,18)19/h5-6,9,11,20H,2-4,7-8,10H2,1H3. The number of benzene rings is 1. The summed E-state index contributed by atoms with van der Waals surface area (Å²) in [6.45, 7) is 5.19. The zero-order chi connectivity index (χ0) is 15.5. The van der Waals surface area contributed by atoms with Gasteiger partial charge in [0, 0.05) is 22.7 Å². The molecule has 1 N–H and O–H groups in total. The molecule has 21 heavy (non-hydrogen) atoms. The molecule has 2 nitrogen and oxygen atoms in total. The maximum Gasteiger partial charge on any atom is 0.416 e. The van der Waals surface area contributed by atoms with Gasteiger partial charge >= 0.3 is 6.18 Å². The van der Waals surface area contributed by atoms with Gasteiger partial charge in [0.05, 0.1) is 5.56 Å².